The Morgan fingerprint density at radius 1 is 1.26 bits per heavy atom. The molecule has 0 radical (unpaired) electrons. The van der Waals surface area contributed by atoms with Gasteiger partial charge < -0.3 is 9.97 Å². The molecule has 10 nitrogen and oxygen atoms in total. The standard InChI is InChI=1S/C11H11N5O5S.Ag/c1-6-8(10(18)14-11(19)13-6)22(20,21)16-15-9(17)7-2-4-12-5-3-7;/h2-5H,1H3,(H4,12,13,14,15,16,17,18,19);/q;+1/p-1. The number of H-pyrrole nitrogens is 1. The molecule has 1 amide bonds. The first-order valence-electron chi connectivity index (χ1n) is 5.81. The van der Waals surface area contributed by atoms with Crippen LogP contribution >= 0.6 is 0 Å². The summed E-state index contributed by atoms with van der Waals surface area (Å²) in [4.78, 5) is 44.1. The average molecular weight is 432 g/mol. The van der Waals surface area contributed by atoms with Gasteiger partial charge in [0.05, 0.1) is 0 Å². The summed E-state index contributed by atoms with van der Waals surface area (Å²) in [7, 11) is -4.38. The van der Waals surface area contributed by atoms with E-state index in [4.69, 9.17) is 0 Å². The first-order chi connectivity index (χ1) is 10.3. The quantitative estimate of drug-likeness (QED) is 0.374. The molecule has 0 atom stereocenters. The minimum Gasteiger partial charge on any atom is -0.426 e. The maximum Gasteiger partial charge on any atom is 1.00 e. The van der Waals surface area contributed by atoms with Crippen LogP contribution < -0.4 is 26.5 Å². The number of nitrogens with zero attached hydrogens (tertiary/aromatic N) is 2. The average Bonchev–Trinajstić information content (AvgIpc) is 2.44. The number of hydrogen-bond donors (Lipinski definition) is 3. The molecule has 2 heterocycles. The van der Waals surface area contributed by atoms with Gasteiger partial charge >= 0.3 is 22.4 Å². The number of aromatic nitrogens is 3. The zero-order chi connectivity index (χ0) is 16.3. The number of aryl methyl sites for hydroxylation is 1. The van der Waals surface area contributed by atoms with Crippen LogP contribution in [0.5, 0.6) is 0 Å². The number of nitrogens with one attached hydrogen (secondary N) is 3. The van der Waals surface area contributed by atoms with E-state index in [2.05, 4.69) is 15.0 Å². The molecule has 0 bridgehead atoms. The number of sulfonamides is 1. The molecular formula is C11H10AgN5O5S. The Morgan fingerprint density at radius 3 is 2.43 bits per heavy atom. The van der Waals surface area contributed by atoms with Gasteiger partial charge in [0.25, 0.3) is 15.9 Å². The van der Waals surface area contributed by atoms with Gasteiger partial charge in [-0.3, -0.25) is 24.8 Å². The summed E-state index contributed by atoms with van der Waals surface area (Å²) in [5.41, 5.74) is -0.250. The third-order valence-electron chi connectivity index (χ3n) is 2.54. The van der Waals surface area contributed by atoms with E-state index in [1.165, 1.54) is 31.5 Å². The Labute approximate surface area is 145 Å². The fraction of sp³-hybridized carbons (Fsp3) is 0.0909. The molecule has 0 aromatic carbocycles. The van der Waals surface area contributed by atoms with Crippen LogP contribution in [0, 0.1) is 6.92 Å². The molecular weight excluding hydrogens is 422 g/mol. The maximum absolute atomic E-state index is 12.0. The van der Waals surface area contributed by atoms with E-state index in [0.29, 0.717) is 0 Å². The summed E-state index contributed by atoms with van der Waals surface area (Å²) in [6, 6.07) is 2.74. The summed E-state index contributed by atoms with van der Waals surface area (Å²) in [5, 5.41) is 0. The van der Waals surface area contributed by atoms with E-state index in [9.17, 15) is 22.8 Å². The first kappa shape index (κ1) is 19.0. The van der Waals surface area contributed by atoms with Gasteiger partial charge in [-0.05, 0) is 24.8 Å². The van der Waals surface area contributed by atoms with Crippen molar-refractivity contribution in [3.8, 4) is 0 Å². The Kier molecular flexibility index (Phi) is 6.18. The molecule has 12 heteroatoms. The van der Waals surface area contributed by atoms with Gasteiger partial charge in [-0.25, -0.2) is 8.42 Å². The van der Waals surface area contributed by atoms with Gasteiger partial charge in [-0.2, -0.15) is 0 Å². The van der Waals surface area contributed by atoms with Crippen LogP contribution in [0.1, 0.15) is 16.1 Å². The van der Waals surface area contributed by atoms with Crippen molar-refractivity contribution in [1.29, 1.82) is 0 Å². The van der Waals surface area contributed by atoms with Crippen LogP contribution in [0.25, 0.3) is 0 Å². The van der Waals surface area contributed by atoms with Crippen LogP contribution in [-0.2, 0) is 32.4 Å². The number of hydrogen-bond acceptors (Lipinski definition) is 6. The van der Waals surface area contributed by atoms with E-state index in [1.807, 2.05) is 5.43 Å². The second-order valence-electron chi connectivity index (χ2n) is 4.10. The SMILES string of the molecule is Cc1[nH]c(=O)[n-]c(=O)c1S(=O)(=O)NNC(=O)c1ccncc1.[Ag+]. The molecule has 2 rings (SSSR count). The molecule has 3 N–H and O–H groups in total. The predicted octanol–water partition coefficient (Wildman–Crippen LogP) is -1.98. The van der Waals surface area contributed by atoms with Crippen LogP contribution in [0.4, 0.5) is 0 Å². The molecule has 0 aliphatic rings. The van der Waals surface area contributed by atoms with Crippen molar-refractivity contribution in [2.75, 3.05) is 0 Å². The van der Waals surface area contributed by atoms with Gasteiger partial charge in [-0.15, -0.1) is 4.83 Å². The number of amides is 1. The minimum atomic E-state index is -4.38. The monoisotopic (exact) mass is 431 g/mol. The number of rotatable bonds is 4. The van der Waals surface area contributed by atoms with Crippen molar-refractivity contribution < 1.29 is 35.6 Å². The minimum absolute atomic E-state index is 0. The van der Waals surface area contributed by atoms with Gasteiger partial charge in [0.2, 0.25) is 0 Å². The molecule has 126 valence electrons. The van der Waals surface area contributed by atoms with Gasteiger partial charge in [0.1, 0.15) is 4.90 Å². The summed E-state index contributed by atoms with van der Waals surface area (Å²) >= 11 is 0. The number of hydrazine groups is 1. The Bertz CT molecular complexity index is 922. The maximum atomic E-state index is 12.0. The van der Waals surface area contributed by atoms with E-state index in [1.54, 1.807) is 4.83 Å². The van der Waals surface area contributed by atoms with Crippen molar-refractivity contribution in [1.82, 2.24) is 25.2 Å². The predicted molar refractivity (Wildman–Crippen MR) is 73.4 cm³/mol. The summed E-state index contributed by atoms with van der Waals surface area (Å²) in [6.45, 7) is 1.23. The van der Waals surface area contributed by atoms with E-state index < -0.39 is 32.1 Å². The third-order valence-corrected chi connectivity index (χ3v) is 3.93. The van der Waals surface area contributed by atoms with Crippen LogP contribution in [0.3, 0.4) is 0 Å². The number of carbonyl (C=O) groups excluding carboxylic acids is 1. The Morgan fingerprint density at radius 2 is 1.87 bits per heavy atom. The molecule has 2 aromatic heterocycles. The fourth-order valence-electron chi connectivity index (χ4n) is 1.61. The largest absolute Gasteiger partial charge is 1.00 e. The number of pyridine rings is 1. The Balaban J connectivity index is 0.00000264. The van der Waals surface area contributed by atoms with Gasteiger partial charge in [0.15, 0.2) is 11.2 Å². The molecule has 0 fully saturated rings. The van der Waals surface area contributed by atoms with Crippen LogP contribution in [0.15, 0.2) is 39.0 Å². The van der Waals surface area contributed by atoms with E-state index in [0.717, 1.165) is 0 Å². The zero-order valence-corrected chi connectivity index (χ0v) is 13.8. The zero-order valence-electron chi connectivity index (χ0n) is 11.5. The summed E-state index contributed by atoms with van der Waals surface area (Å²) in [5.74, 6) is -0.742. The second-order valence-corrected chi connectivity index (χ2v) is 5.72. The molecule has 0 aliphatic heterocycles. The summed E-state index contributed by atoms with van der Waals surface area (Å²) in [6.07, 6.45) is 2.71. The van der Waals surface area contributed by atoms with Crippen molar-refractivity contribution in [2.24, 2.45) is 0 Å². The normalized spacial score (nSPS) is 10.7. The Hall–Kier alpha value is -2.05. The molecule has 23 heavy (non-hydrogen) atoms. The topological polar surface area (TPSA) is 152 Å². The number of aromatic amines is 1. The molecule has 0 saturated carbocycles. The molecule has 2 aromatic rings. The smallest absolute Gasteiger partial charge is 0.426 e. The third kappa shape index (κ3) is 4.46. The van der Waals surface area contributed by atoms with E-state index >= 15 is 0 Å². The molecule has 0 unspecified atom stereocenters. The second kappa shape index (κ2) is 7.48. The van der Waals surface area contributed by atoms with Crippen LogP contribution in [-0.4, -0.2) is 24.3 Å². The summed E-state index contributed by atoms with van der Waals surface area (Å²) < 4.78 is 24.0. The van der Waals surface area contributed by atoms with Crippen molar-refractivity contribution in [2.45, 2.75) is 11.8 Å². The first-order valence-corrected chi connectivity index (χ1v) is 7.29. The molecule has 0 saturated heterocycles. The fourth-order valence-corrected chi connectivity index (χ4v) is 2.66. The van der Waals surface area contributed by atoms with E-state index in [-0.39, 0.29) is 33.6 Å². The van der Waals surface area contributed by atoms with Crippen LogP contribution in [0.2, 0.25) is 0 Å². The van der Waals surface area contributed by atoms with Crippen molar-refractivity contribution in [3.05, 3.63) is 56.6 Å². The van der Waals surface area contributed by atoms with Gasteiger partial charge in [-0.1, -0.05) is 0 Å². The molecule has 0 aliphatic carbocycles. The van der Waals surface area contributed by atoms with Crippen molar-refractivity contribution >= 4 is 15.9 Å². The number of carbonyl (C=O) groups is 1. The molecule has 0 spiro atoms. The van der Waals surface area contributed by atoms with Gasteiger partial charge in [0, 0.05) is 18.0 Å². The van der Waals surface area contributed by atoms with Crippen molar-refractivity contribution in [3.63, 3.8) is 0 Å².